The summed E-state index contributed by atoms with van der Waals surface area (Å²) in [6.45, 7) is 4.42. The molecule has 2 aromatic rings. The van der Waals surface area contributed by atoms with Gasteiger partial charge in [-0.1, -0.05) is 109 Å². The van der Waals surface area contributed by atoms with Crippen LogP contribution in [0, 0.1) is 0 Å². The molecule has 232 valence electrons. The van der Waals surface area contributed by atoms with E-state index in [2.05, 4.69) is 13.8 Å². The molecule has 0 amide bonds. The lowest BCUT2D eigenvalue weighted by molar-refractivity contribution is 0.0650. The van der Waals surface area contributed by atoms with E-state index in [1.807, 2.05) is 6.07 Å². The average Bonchev–Trinajstić information content (AvgIpc) is 2.96. The molecule has 8 heteroatoms. The van der Waals surface area contributed by atoms with Crippen LogP contribution in [0.25, 0.3) is 0 Å². The summed E-state index contributed by atoms with van der Waals surface area (Å²) < 4.78 is 0. The van der Waals surface area contributed by atoms with Crippen molar-refractivity contribution in [3.8, 4) is 0 Å². The van der Waals surface area contributed by atoms with Crippen LogP contribution in [-0.4, -0.2) is 44.3 Å². The van der Waals surface area contributed by atoms with Crippen LogP contribution in [0.5, 0.6) is 0 Å². The Hall–Kier alpha value is -3.68. The molecular formula is C34H48O8. The monoisotopic (exact) mass is 584 g/mol. The number of carbonyl (C=O) groups is 4. The molecule has 0 saturated carbocycles. The van der Waals surface area contributed by atoms with Crippen LogP contribution in [0.3, 0.4) is 0 Å². The third-order valence-corrected chi connectivity index (χ3v) is 7.32. The average molecular weight is 585 g/mol. The maximum absolute atomic E-state index is 11.9. The van der Waals surface area contributed by atoms with Crippen molar-refractivity contribution >= 4 is 23.9 Å². The van der Waals surface area contributed by atoms with Crippen molar-refractivity contribution in [2.24, 2.45) is 0 Å². The standard InChI is InChI=1S/C26H42O4.C8H6O4/c1-3-5-7-9-11-12-14-16-18-22-21(17-15-13-10-8-6-4-2)19-20-23(25(27)28)24(22)26(29)30;9-7(10)5-3-1-2-4-6(5)8(11)12/h19-20H,3-18H2,1-2H3,(H,27,28)(H,29,30);1-4H,(H,9,10)(H,11,12). The van der Waals surface area contributed by atoms with E-state index in [1.165, 1.54) is 88.1 Å². The van der Waals surface area contributed by atoms with E-state index in [-0.39, 0.29) is 22.3 Å². The number of aryl methyl sites for hydroxylation is 1. The molecule has 0 radical (unpaired) electrons. The Morgan fingerprint density at radius 1 is 0.476 bits per heavy atom. The van der Waals surface area contributed by atoms with Gasteiger partial charge in [0.25, 0.3) is 0 Å². The number of unbranched alkanes of at least 4 members (excludes halogenated alkanes) is 12. The van der Waals surface area contributed by atoms with E-state index in [0.29, 0.717) is 6.42 Å². The van der Waals surface area contributed by atoms with Gasteiger partial charge >= 0.3 is 23.9 Å². The molecule has 42 heavy (non-hydrogen) atoms. The SMILES string of the molecule is CCCCCCCCCCc1c(CCCCCCCC)ccc(C(=O)O)c1C(=O)O.O=C(O)c1ccccc1C(=O)O. The van der Waals surface area contributed by atoms with Crippen molar-refractivity contribution in [1.82, 2.24) is 0 Å². The molecule has 0 saturated heterocycles. The van der Waals surface area contributed by atoms with Gasteiger partial charge in [0.05, 0.1) is 22.3 Å². The third kappa shape index (κ3) is 13.3. The molecular weight excluding hydrogens is 536 g/mol. The lowest BCUT2D eigenvalue weighted by Gasteiger charge is -2.15. The fraction of sp³-hybridized carbons (Fsp3) is 0.529. The van der Waals surface area contributed by atoms with Gasteiger partial charge in [-0.25, -0.2) is 19.2 Å². The molecule has 0 aliphatic heterocycles. The highest BCUT2D eigenvalue weighted by Gasteiger charge is 2.22. The Bertz CT molecular complexity index is 1110. The molecule has 0 bridgehead atoms. The van der Waals surface area contributed by atoms with Gasteiger partial charge in [-0.15, -0.1) is 0 Å². The maximum atomic E-state index is 11.9. The number of hydrogen-bond acceptors (Lipinski definition) is 4. The van der Waals surface area contributed by atoms with Crippen molar-refractivity contribution in [2.45, 2.75) is 117 Å². The summed E-state index contributed by atoms with van der Waals surface area (Å²) >= 11 is 0. The summed E-state index contributed by atoms with van der Waals surface area (Å²) in [5, 5.41) is 36.3. The number of carboxylic acid groups (broad SMARTS) is 4. The second-order valence-corrected chi connectivity index (χ2v) is 10.6. The first-order valence-electron chi connectivity index (χ1n) is 15.3. The molecule has 0 spiro atoms. The first kappa shape index (κ1) is 36.3. The van der Waals surface area contributed by atoms with Crippen LogP contribution in [-0.2, 0) is 12.8 Å². The van der Waals surface area contributed by atoms with Crippen LogP contribution in [0.2, 0.25) is 0 Å². The largest absolute Gasteiger partial charge is 0.478 e. The molecule has 2 rings (SSSR count). The summed E-state index contributed by atoms with van der Waals surface area (Å²) in [5.74, 6) is -4.73. The highest BCUT2D eigenvalue weighted by molar-refractivity contribution is 6.03. The van der Waals surface area contributed by atoms with Gasteiger partial charge < -0.3 is 20.4 Å². The molecule has 0 heterocycles. The van der Waals surface area contributed by atoms with Crippen LogP contribution in [0.1, 0.15) is 156 Å². The Labute approximate surface area is 249 Å². The summed E-state index contributed by atoms with van der Waals surface area (Å²) in [4.78, 5) is 44.4. The Morgan fingerprint density at radius 2 is 0.881 bits per heavy atom. The van der Waals surface area contributed by atoms with Gasteiger partial charge in [0, 0.05) is 0 Å². The predicted molar refractivity (Wildman–Crippen MR) is 164 cm³/mol. The van der Waals surface area contributed by atoms with E-state index >= 15 is 0 Å². The van der Waals surface area contributed by atoms with E-state index < -0.39 is 23.9 Å². The molecule has 0 unspecified atom stereocenters. The minimum Gasteiger partial charge on any atom is -0.478 e. The van der Waals surface area contributed by atoms with E-state index in [9.17, 15) is 29.4 Å². The number of hydrogen-bond donors (Lipinski definition) is 4. The second kappa shape index (κ2) is 21.1. The Kier molecular flexibility index (Phi) is 18.2. The summed E-state index contributed by atoms with van der Waals surface area (Å²) in [5.41, 5.74) is 1.32. The number of carboxylic acids is 4. The molecule has 0 fully saturated rings. The predicted octanol–water partition coefficient (Wildman–Crippen LogP) is 8.75. The minimum absolute atomic E-state index is 0.00827. The molecule has 4 N–H and O–H groups in total. The number of benzene rings is 2. The number of aromatic carboxylic acids is 4. The summed E-state index contributed by atoms with van der Waals surface area (Å²) in [7, 11) is 0. The molecule has 0 aliphatic carbocycles. The first-order valence-corrected chi connectivity index (χ1v) is 15.3. The molecule has 0 aliphatic rings. The third-order valence-electron chi connectivity index (χ3n) is 7.32. The van der Waals surface area contributed by atoms with Crippen LogP contribution in [0.15, 0.2) is 36.4 Å². The maximum Gasteiger partial charge on any atom is 0.336 e. The van der Waals surface area contributed by atoms with Crippen molar-refractivity contribution in [2.75, 3.05) is 0 Å². The van der Waals surface area contributed by atoms with E-state index in [4.69, 9.17) is 10.2 Å². The highest BCUT2D eigenvalue weighted by atomic mass is 16.4. The van der Waals surface area contributed by atoms with E-state index in [0.717, 1.165) is 49.7 Å². The van der Waals surface area contributed by atoms with Gasteiger partial charge in [0.2, 0.25) is 0 Å². The number of rotatable bonds is 20. The zero-order valence-corrected chi connectivity index (χ0v) is 25.2. The molecule has 2 aromatic carbocycles. The quantitative estimate of drug-likeness (QED) is 0.113. The van der Waals surface area contributed by atoms with Crippen LogP contribution >= 0.6 is 0 Å². The van der Waals surface area contributed by atoms with Crippen molar-refractivity contribution < 1.29 is 39.6 Å². The Balaban J connectivity index is 0.000000609. The summed E-state index contributed by atoms with van der Waals surface area (Å²) in [6, 6.07) is 8.81. The highest BCUT2D eigenvalue weighted by Crippen LogP contribution is 2.25. The molecule has 0 atom stereocenters. The van der Waals surface area contributed by atoms with Gasteiger partial charge in [-0.3, -0.25) is 0 Å². The van der Waals surface area contributed by atoms with Crippen molar-refractivity contribution in [3.63, 3.8) is 0 Å². The fourth-order valence-corrected chi connectivity index (χ4v) is 5.02. The van der Waals surface area contributed by atoms with Gasteiger partial charge in [-0.05, 0) is 55.0 Å². The lowest BCUT2D eigenvalue weighted by Crippen LogP contribution is -2.14. The van der Waals surface area contributed by atoms with Gasteiger partial charge in [0.15, 0.2) is 0 Å². The topological polar surface area (TPSA) is 149 Å². The van der Waals surface area contributed by atoms with Crippen LogP contribution < -0.4 is 0 Å². The zero-order chi connectivity index (χ0) is 31.3. The van der Waals surface area contributed by atoms with Gasteiger partial charge in [-0.2, -0.15) is 0 Å². The molecule has 0 aromatic heterocycles. The molecule has 8 nitrogen and oxygen atoms in total. The zero-order valence-electron chi connectivity index (χ0n) is 25.2. The van der Waals surface area contributed by atoms with Crippen molar-refractivity contribution in [1.29, 1.82) is 0 Å². The Morgan fingerprint density at radius 3 is 1.29 bits per heavy atom. The van der Waals surface area contributed by atoms with Crippen molar-refractivity contribution in [3.05, 3.63) is 69.8 Å². The first-order chi connectivity index (χ1) is 20.1. The summed E-state index contributed by atoms with van der Waals surface area (Å²) in [6.07, 6.45) is 18.1. The van der Waals surface area contributed by atoms with Crippen LogP contribution in [0.4, 0.5) is 0 Å². The van der Waals surface area contributed by atoms with E-state index in [1.54, 1.807) is 0 Å². The smallest absolute Gasteiger partial charge is 0.336 e. The lowest BCUT2D eigenvalue weighted by atomic mass is 9.89. The second-order valence-electron chi connectivity index (χ2n) is 10.6. The van der Waals surface area contributed by atoms with Gasteiger partial charge in [0.1, 0.15) is 0 Å². The normalized spacial score (nSPS) is 10.5. The minimum atomic E-state index is -1.23. The fourth-order valence-electron chi connectivity index (χ4n) is 5.02.